The Kier molecular flexibility index (Phi) is 5.03. The van der Waals surface area contributed by atoms with E-state index >= 15 is 0 Å². The number of carbonyl (C=O) groups excluding carboxylic acids is 1. The number of nitrogens with two attached hydrogens (primary N) is 1. The number of amides is 1. The SMILES string of the molecule is NCCc1ccccc1C(=O)Nc1cc(F)c(Br)cc1F. The molecule has 0 aromatic heterocycles. The van der Waals surface area contributed by atoms with E-state index in [9.17, 15) is 13.6 Å². The quantitative estimate of drug-likeness (QED) is 0.825. The Bertz CT molecular complexity index is 677. The third-order valence-corrected chi connectivity index (χ3v) is 3.54. The average molecular weight is 355 g/mol. The maximum Gasteiger partial charge on any atom is 0.256 e. The lowest BCUT2D eigenvalue weighted by Gasteiger charge is -2.10. The third kappa shape index (κ3) is 3.65. The molecule has 0 radical (unpaired) electrons. The van der Waals surface area contributed by atoms with Gasteiger partial charge in [0.15, 0.2) is 0 Å². The van der Waals surface area contributed by atoms with Crippen LogP contribution in [0, 0.1) is 11.6 Å². The van der Waals surface area contributed by atoms with Crippen LogP contribution in [-0.4, -0.2) is 12.5 Å². The van der Waals surface area contributed by atoms with Crippen molar-refractivity contribution >= 4 is 27.5 Å². The van der Waals surface area contributed by atoms with Gasteiger partial charge in [0.2, 0.25) is 0 Å². The highest BCUT2D eigenvalue weighted by Gasteiger charge is 2.14. The number of carbonyl (C=O) groups is 1. The topological polar surface area (TPSA) is 55.1 Å². The molecule has 0 heterocycles. The van der Waals surface area contributed by atoms with Crippen LogP contribution in [0.1, 0.15) is 15.9 Å². The van der Waals surface area contributed by atoms with Crippen LogP contribution in [-0.2, 0) is 6.42 Å². The van der Waals surface area contributed by atoms with Gasteiger partial charge in [0.25, 0.3) is 5.91 Å². The van der Waals surface area contributed by atoms with Crippen molar-refractivity contribution in [3.05, 3.63) is 63.6 Å². The van der Waals surface area contributed by atoms with Crippen molar-refractivity contribution in [2.75, 3.05) is 11.9 Å². The van der Waals surface area contributed by atoms with Crippen LogP contribution in [0.2, 0.25) is 0 Å². The lowest BCUT2D eigenvalue weighted by Crippen LogP contribution is -2.16. The largest absolute Gasteiger partial charge is 0.330 e. The van der Waals surface area contributed by atoms with E-state index in [1.54, 1.807) is 24.3 Å². The number of anilines is 1. The lowest BCUT2D eigenvalue weighted by molar-refractivity contribution is 0.102. The summed E-state index contributed by atoms with van der Waals surface area (Å²) in [5.41, 5.74) is 6.44. The first kappa shape index (κ1) is 15.6. The molecule has 1 amide bonds. The zero-order valence-electron chi connectivity index (χ0n) is 11.0. The van der Waals surface area contributed by atoms with Gasteiger partial charge in [0.1, 0.15) is 11.6 Å². The van der Waals surface area contributed by atoms with Crippen LogP contribution in [0.5, 0.6) is 0 Å². The maximum atomic E-state index is 13.7. The van der Waals surface area contributed by atoms with Gasteiger partial charge in [0, 0.05) is 11.6 Å². The fourth-order valence-electron chi connectivity index (χ4n) is 1.92. The molecule has 0 fully saturated rings. The predicted octanol–water partition coefficient (Wildman–Crippen LogP) is 3.48. The summed E-state index contributed by atoms with van der Waals surface area (Å²) < 4.78 is 27.2. The van der Waals surface area contributed by atoms with Crippen molar-refractivity contribution in [3.8, 4) is 0 Å². The summed E-state index contributed by atoms with van der Waals surface area (Å²) in [5, 5.41) is 2.38. The molecule has 0 spiro atoms. The number of hydrogen-bond donors (Lipinski definition) is 2. The minimum atomic E-state index is -0.715. The normalized spacial score (nSPS) is 10.5. The smallest absolute Gasteiger partial charge is 0.256 e. The summed E-state index contributed by atoms with van der Waals surface area (Å²) in [6.07, 6.45) is 0.529. The second kappa shape index (κ2) is 6.78. The van der Waals surface area contributed by atoms with E-state index in [4.69, 9.17) is 5.73 Å². The standard InChI is InChI=1S/C15H13BrF2N2O/c16-11-7-13(18)14(8-12(11)17)20-15(21)10-4-2-1-3-9(10)5-6-19/h1-4,7-8H,5-6,19H2,(H,20,21). The van der Waals surface area contributed by atoms with Gasteiger partial charge in [-0.25, -0.2) is 8.78 Å². The predicted molar refractivity (Wildman–Crippen MR) is 81.2 cm³/mol. The number of halogens is 3. The van der Waals surface area contributed by atoms with Crippen molar-refractivity contribution < 1.29 is 13.6 Å². The van der Waals surface area contributed by atoms with Gasteiger partial charge < -0.3 is 11.1 Å². The summed E-state index contributed by atoms with van der Waals surface area (Å²) in [6.45, 7) is 0.394. The summed E-state index contributed by atoms with van der Waals surface area (Å²) in [6, 6.07) is 8.79. The Labute approximate surface area is 129 Å². The zero-order chi connectivity index (χ0) is 15.4. The monoisotopic (exact) mass is 354 g/mol. The minimum absolute atomic E-state index is 0.00142. The van der Waals surface area contributed by atoms with Gasteiger partial charge in [0.05, 0.1) is 10.2 Å². The van der Waals surface area contributed by atoms with Crippen molar-refractivity contribution in [1.29, 1.82) is 0 Å². The molecule has 0 aliphatic carbocycles. The van der Waals surface area contributed by atoms with Gasteiger partial charge in [-0.15, -0.1) is 0 Å². The zero-order valence-corrected chi connectivity index (χ0v) is 12.6. The molecule has 0 aliphatic heterocycles. The van der Waals surface area contributed by atoms with E-state index < -0.39 is 17.5 Å². The average Bonchev–Trinajstić information content (AvgIpc) is 2.45. The fraction of sp³-hybridized carbons (Fsp3) is 0.133. The van der Waals surface area contributed by atoms with Crippen LogP contribution in [0.15, 0.2) is 40.9 Å². The van der Waals surface area contributed by atoms with Gasteiger partial charge in [-0.1, -0.05) is 18.2 Å². The summed E-state index contributed by atoms with van der Waals surface area (Å²) in [7, 11) is 0. The maximum absolute atomic E-state index is 13.7. The van der Waals surface area contributed by atoms with Crippen LogP contribution >= 0.6 is 15.9 Å². The first-order valence-corrected chi connectivity index (χ1v) is 7.06. The van der Waals surface area contributed by atoms with Crippen molar-refractivity contribution in [2.24, 2.45) is 5.73 Å². The first-order valence-electron chi connectivity index (χ1n) is 6.26. The molecule has 0 bridgehead atoms. The van der Waals surface area contributed by atoms with Crippen LogP contribution in [0.25, 0.3) is 0 Å². The molecular weight excluding hydrogens is 342 g/mol. The highest BCUT2D eigenvalue weighted by Crippen LogP contribution is 2.24. The highest BCUT2D eigenvalue weighted by molar-refractivity contribution is 9.10. The lowest BCUT2D eigenvalue weighted by atomic mass is 10.0. The molecule has 0 aliphatic rings. The summed E-state index contributed by atoms with van der Waals surface area (Å²) in [5.74, 6) is -1.87. The molecule has 0 atom stereocenters. The summed E-state index contributed by atoms with van der Waals surface area (Å²) in [4.78, 5) is 12.2. The van der Waals surface area contributed by atoms with Crippen LogP contribution in [0.3, 0.4) is 0 Å². The van der Waals surface area contributed by atoms with Gasteiger partial charge >= 0.3 is 0 Å². The molecule has 110 valence electrons. The number of hydrogen-bond acceptors (Lipinski definition) is 2. The van der Waals surface area contributed by atoms with E-state index in [-0.39, 0.29) is 10.2 Å². The molecule has 2 aromatic carbocycles. The number of nitrogens with one attached hydrogen (secondary N) is 1. The van der Waals surface area contributed by atoms with E-state index in [2.05, 4.69) is 21.2 Å². The van der Waals surface area contributed by atoms with E-state index in [1.165, 1.54) is 0 Å². The Hall–Kier alpha value is -1.79. The molecule has 3 N–H and O–H groups in total. The number of benzene rings is 2. The summed E-state index contributed by atoms with van der Waals surface area (Å²) >= 11 is 2.88. The Morgan fingerprint density at radius 2 is 1.90 bits per heavy atom. The molecule has 3 nitrogen and oxygen atoms in total. The second-order valence-electron chi connectivity index (χ2n) is 4.40. The highest BCUT2D eigenvalue weighted by atomic mass is 79.9. The fourth-order valence-corrected chi connectivity index (χ4v) is 2.24. The molecule has 2 rings (SSSR count). The third-order valence-electron chi connectivity index (χ3n) is 2.93. The first-order chi connectivity index (χ1) is 10.0. The Morgan fingerprint density at radius 1 is 1.19 bits per heavy atom. The van der Waals surface area contributed by atoms with Crippen LogP contribution < -0.4 is 11.1 Å². The Balaban J connectivity index is 2.28. The van der Waals surface area contributed by atoms with Crippen molar-refractivity contribution in [3.63, 3.8) is 0 Å². The van der Waals surface area contributed by atoms with E-state index in [0.717, 1.165) is 17.7 Å². The minimum Gasteiger partial charge on any atom is -0.330 e. The molecule has 0 unspecified atom stereocenters. The van der Waals surface area contributed by atoms with Gasteiger partial charge in [-0.3, -0.25) is 4.79 Å². The number of rotatable bonds is 4. The second-order valence-corrected chi connectivity index (χ2v) is 5.25. The van der Waals surface area contributed by atoms with Crippen molar-refractivity contribution in [2.45, 2.75) is 6.42 Å². The molecule has 21 heavy (non-hydrogen) atoms. The van der Waals surface area contributed by atoms with Crippen LogP contribution in [0.4, 0.5) is 14.5 Å². The van der Waals surface area contributed by atoms with Gasteiger partial charge in [-0.05, 0) is 46.6 Å². The molecule has 2 aromatic rings. The molecular formula is C15H13BrF2N2O. The van der Waals surface area contributed by atoms with Crippen molar-refractivity contribution in [1.82, 2.24) is 0 Å². The van der Waals surface area contributed by atoms with E-state index in [1.807, 2.05) is 0 Å². The molecule has 0 saturated carbocycles. The Morgan fingerprint density at radius 3 is 2.62 bits per heavy atom. The molecule has 0 saturated heterocycles. The molecule has 6 heteroatoms. The van der Waals surface area contributed by atoms with E-state index in [0.29, 0.717) is 18.5 Å². The van der Waals surface area contributed by atoms with Gasteiger partial charge in [-0.2, -0.15) is 0 Å².